The van der Waals surface area contributed by atoms with Crippen molar-refractivity contribution in [2.24, 2.45) is 4.99 Å². The fourth-order valence-electron chi connectivity index (χ4n) is 3.82. The Labute approximate surface area is 186 Å². The molecule has 1 fully saturated rings. The molecule has 6 nitrogen and oxygen atoms in total. The van der Waals surface area contributed by atoms with E-state index in [9.17, 15) is 9.59 Å². The molecule has 0 spiro atoms. The first kappa shape index (κ1) is 21.2. The van der Waals surface area contributed by atoms with Crippen molar-refractivity contribution in [3.63, 3.8) is 0 Å². The number of aliphatic imine (C=N–C) groups is 1. The van der Waals surface area contributed by atoms with E-state index in [2.05, 4.69) is 15.5 Å². The highest BCUT2D eigenvalue weighted by Crippen LogP contribution is 2.40. The Kier molecular flexibility index (Phi) is 6.42. The summed E-state index contributed by atoms with van der Waals surface area (Å²) in [5, 5.41) is 6.87. The number of amidine groups is 1. The standard InChI is InChI=1S/C24H26N4O2S/c1-3-20(29)26-19-12-10-17(11-13-19)22-21(23(30)27-18-8-5-4-6-9-18)16(2)25-24-28(22)14-7-15-31-24/h4-6,8-13,22H,3,7,14-15H2,1-2H3,(H,26,29)(H,27,30). The van der Waals surface area contributed by atoms with Crippen LogP contribution in [0.1, 0.15) is 38.3 Å². The van der Waals surface area contributed by atoms with Crippen molar-refractivity contribution in [2.75, 3.05) is 22.9 Å². The van der Waals surface area contributed by atoms with Gasteiger partial charge in [-0.2, -0.15) is 0 Å². The lowest BCUT2D eigenvalue weighted by Gasteiger charge is -2.40. The number of benzene rings is 2. The summed E-state index contributed by atoms with van der Waals surface area (Å²) in [5.74, 6) is 0.865. The lowest BCUT2D eigenvalue weighted by molar-refractivity contribution is -0.116. The number of rotatable bonds is 5. The number of hydrogen-bond donors (Lipinski definition) is 2. The van der Waals surface area contributed by atoms with Crippen LogP contribution in [0.2, 0.25) is 0 Å². The smallest absolute Gasteiger partial charge is 0.255 e. The number of nitrogens with zero attached hydrogens (tertiary/aromatic N) is 2. The Balaban J connectivity index is 1.69. The van der Waals surface area contributed by atoms with E-state index in [1.165, 1.54) is 0 Å². The largest absolute Gasteiger partial charge is 0.340 e. The zero-order chi connectivity index (χ0) is 21.8. The first-order valence-electron chi connectivity index (χ1n) is 10.5. The van der Waals surface area contributed by atoms with Gasteiger partial charge in [0, 0.05) is 30.1 Å². The van der Waals surface area contributed by atoms with Crippen molar-refractivity contribution in [1.82, 2.24) is 4.90 Å². The minimum absolute atomic E-state index is 0.0223. The van der Waals surface area contributed by atoms with E-state index in [1.807, 2.05) is 68.4 Å². The summed E-state index contributed by atoms with van der Waals surface area (Å²) in [6.45, 7) is 4.58. The summed E-state index contributed by atoms with van der Waals surface area (Å²) in [7, 11) is 0. The number of carbonyl (C=O) groups is 2. The third-order valence-corrected chi connectivity index (χ3v) is 6.44. The molecule has 1 unspecified atom stereocenters. The molecule has 2 aliphatic heterocycles. The molecule has 1 saturated heterocycles. The molecule has 2 amide bonds. The van der Waals surface area contributed by atoms with E-state index >= 15 is 0 Å². The number of fused-ring (bicyclic) bond motifs is 1. The van der Waals surface area contributed by atoms with Gasteiger partial charge < -0.3 is 15.5 Å². The summed E-state index contributed by atoms with van der Waals surface area (Å²) in [6, 6.07) is 17.0. The van der Waals surface area contributed by atoms with Crippen molar-refractivity contribution >= 4 is 40.1 Å². The molecule has 160 valence electrons. The van der Waals surface area contributed by atoms with Crippen molar-refractivity contribution in [3.8, 4) is 0 Å². The number of thioether (sulfide) groups is 1. The molecular formula is C24H26N4O2S. The quantitative estimate of drug-likeness (QED) is 0.709. The molecule has 2 aromatic rings. The van der Waals surface area contributed by atoms with Gasteiger partial charge in [0.15, 0.2) is 5.17 Å². The maximum absolute atomic E-state index is 13.4. The van der Waals surface area contributed by atoms with E-state index in [4.69, 9.17) is 4.99 Å². The second kappa shape index (κ2) is 9.39. The molecule has 2 N–H and O–H groups in total. The minimum atomic E-state index is -0.222. The van der Waals surface area contributed by atoms with Crippen molar-refractivity contribution in [2.45, 2.75) is 32.7 Å². The molecule has 0 aliphatic carbocycles. The minimum Gasteiger partial charge on any atom is -0.340 e. The molecule has 7 heteroatoms. The highest BCUT2D eigenvalue weighted by atomic mass is 32.2. The van der Waals surface area contributed by atoms with Crippen molar-refractivity contribution in [1.29, 1.82) is 0 Å². The van der Waals surface area contributed by atoms with Gasteiger partial charge in [0.25, 0.3) is 5.91 Å². The molecular weight excluding hydrogens is 408 g/mol. The molecule has 0 saturated carbocycles. The second-order valence-electron chi connectivity index (χ2n) is 7.54. The Bertz CT molecular complexity index is 1030. The summed E-state index contributed by atoms with van der Waals surface area (Å²) in [5.41, 5.74) is 3.90. The highest BCUT2D eigenvalue weighted by molar-refractivity contribution is 8.13. The number of para-hydroxylation sites is 1. The van der Waals surface area contributed by atoms with Gasteiger partial charge in [0.2, 0.25) is 5.91 Å². The predicted octanol–water partition coefficient (Wildman–Crippen LogP) is 4.80. The molecule has 0 radical (unpaired) electrons. The van der Waals surface area contributed by atoms with E-state index in [0.29, 0.717) is 12.0 Å². The second-order valence-corrected chi connectivity index (χ2v) is 8.60. The Hall–Kier alpha value is -3.06. The number of hydrogen-bond acceptors (Lipinski definition) is 5. The van der Waals surface area contributed by atoms with Crippen molar-refractivity contribution in [3.05, 3.63) is 71.4 Å². The van der Waals surface area contributed by atoms with Crippen LogP contribution in [0.4, 0.5) is 11.4 Å². The maximum Gasteiger partial charge on any atom is 0.255 e. The molecule has 0 bridgehead atoms. The van der Waals surface area contributed by atoms with Gasteiger partial charge in [-0.25, -0.2) is 4.99 Å². The van der Waals surface area contributed by atoms with Gasteiger partial charge in [-0.3, -0.25) is 9.59 Å². The average molecular weight is 435 g/mol. The summed E-state index contributed by atoms with van der Waals surface area (Å²) < 4.78 is 0. The topological polar surface area (TPSA) is 73.8 Å². The maximum atomic E-state index is 13.4. The lowest BCUT2D eigenvalue weighted by Crippen LogP contribution is -2.43. The van der Waals surface area contributed by atoms with Gasteiger partial charge in [-0.1, -0.05) is 49.0 Å². The number of allylic oxidation sites excluding steroid dienone is 1. The zero-order valence-electron chi connectivity index (χ0n) is 17.7. The number of carbonyl (C=O) groups excluding carboxylic acids is 2. The molecule has 2 heterocycles. The predicted molar refractivity (Wildman–Crippen MR) is 127 cm³/mol. The van der Waals surface area contributed by atoms with Crippen LogP contribution in [0.25, 0.3) is 0 Å². The highest BCUT2D eigenvalue weighted by Gasteiger charge is 2.37. The SMILES string of the molecule is CCC(=O)Nc1ccc(C2C(C(=O)Nc3ccccc3)=C(C)N=C3SCCCN32)cc1. The van der Waals surface area contributed by atoms with Crippen LogP contribution in [0.15, 0.2) is 70.9 Å². The van der Waals surface area contributed by atoms with E-state index < -0.39 is 0 Å². The zero-order valence-corrected chi connectivity index (χ0v) is 18.5. The third kappa shape index (κ3) is 4.66. The monoisotopic (exact) mass is 434 g/mol. The van der Waals surface area contributed by atoms with Gasteiger partial charge in [0.1, 0.15) is 0 Å². The van der Waals surface area contributed by atoms with Crippen LogP contribution in [0.5, 0.6) is 0 Å². The first-order chi connectivity index (χ1) is 15.1. The normalized spacial score (nSPS) is 18.2. The average Bonchev–Trinajstić information content (AvgIpc) is 2.79. The van der Waals surface area contributed by atoms with Gasteiger partial charge in [0.05, 0.1) is 17.3 Å². The third-order valence-electron chi connectivity index (χ3n) is 5.37. The first-order valence-corrected chi connectivity index (χ1v) is 11.5. The van der Waals surface area contributed by atoms with Crippen LogP contribution < -0.4 is 10.6 Å². The Morgan fingerprint density at radius 1 is 1.06 bits per heavy atom. The van der Waals surface area contributed by atoms with E-state index in [-0.39, 0.29) is 17.9 Å². The van der Waals surface area contributed by atoms with Crippen LogP contribution in [-0.2, 0) is 9.59 Å². The summed E-state index contributed by atoms with van der Waals surface area (Å²) >= 11 is 1.73. The van der Waals surface area contributed by atoms with Crippen LogP contribution >= 0.6 is 11.8 Å². The van der Waals surface area contributed by atoms with E-state index in [0.717, 1.165) is 46.5 Å². The molecule has 0 aromatic heterocycles. The summed E-state index contributed by atoms with van der Waals surface area (Å²) in [4.78, 5) is 32.1. The number of amides is 2. The Morgan fingerprint density at radius 2 is 1.77 bits per heavy atom. The molecule has 2 aromatic carbocycles. The Morgan fingerprint density at radius 3 is 2.48 bits per heavy atom. The molecule has 31 heavy (non-hydrogen) atoms. The van der Waals surface area contributed by atoms with E-state index in [1.54, 1.807) is 11.8 Å². The van der Waals surface area contributed by atoms with Crippen LogP contribution in [-0.4, -0.2) is 34.2 Å². The van der Waals surface area contributed by atoms with Gasteiger partial charge >= 0.3 is 0 Å². The van der Waals surface area contributed by atoms with Crippen LogP contribution in [0.3, 0.4) is 0 Å². The molecule has 1 atom stereocenters. The summed E-state index contributed by atoms with van der Waals surface area (Å²) in [6.07, 6.45) is 1.47. The molecule has 2 aliphatic rings. The fraction of sp³-hybridized carbons (Fsp3) is 0.292. The lowest BCUT2D eigenvalue weighted by atomic mass is 9.93. The van der Waals surface area contributed by atoms with Gasteiger partial charge in [-0.15, -0.1) is 0 Å². The fourth-order valence-corrected chi connectivity index (χ4v) is 4.84. The van der Waals surface area contributed by atoms with Gasteiger partial charge in [-0.05, 0) is 43.2 Å². The van der Waals surface area contributed by atoms with Crippen LogP contribution in [0, 0.1) is 0 Å². The van der Waals surface area contributed by atoms with Crippen molar-refractivity contribution < 1.29 is 9.59 Å². The molecule has 4 rings (SSSR count). The number of anilines is 2. The number of nitrogens with one attached hydrogen (secondary N) is 2.